The lowest BCUT2D eigenvalue weighted by atomic mass is 9.75. The van der Waals surface area contributed by atoms with Crippen LogP contribution in [-0.2, 0) is 16.2 Å². The van der Waals surface area contributed by atoms with Gasteiger partial charge in [-0.3, -0.25) is 8.22 Å². The molecule has 0 saturated carbocycles. The molecule has 0 bridgehead atoms. The molecule has 1 aromatic rings. The second-order valence-corrected chi connectivity index (χ2v) is 12.4. The summed E-state index contributed by atoms with van der Waals surface area (Å²) in [4.78, 5) is 0. The van der Waals surface area contributed by atoms with Gasteiger partial charge in [0.25, 0.3) is 0 Å². The molecule has 3 heteroatoms. The molecule has 132 valence electrons. The van der Waals surface area contributed by atoms with Crippen LogP contribution in [0.25, 0.3) is 0 Å². The van der Waals surface area contributed by atoms with Gasteiger partial charge >= 0.3 is 8.74 Å². The minimum atomic E-state index is -4.44. The monoisotopic (exact) mass is 340 g/mol. The van der Waals surface area contributed by atoms with Crippen LogP contribution < -0.4 is 5.19 Å². The van der Waals surface area contributed by atoms with Crippen LogP contribution in [-0.4, -0.2) is 8.74 Å². The van der Waals surface area contributed by atoms with Crippen molar-refractivity contribution in [3.05, 3.63) is 28.8 Å². The fourth-order valence-corrected chi connectivity index (χ4v) is 4.86. The Kier molecular flexibility index (Phi) is 5.29. The molecule has 0 saturated heterocycles. The van der Waals surface area contributed by atoms with E-state index in [2.05, 4.69) is 20.8 Å². The number of hydrogen-bond acceptors (Lipinski definition) is 0. The van der Waals surface area contributed by atoms with E-state index in [1.807, 2.05) is 53.7 Å². The van der Waals surface area contributed by atoms with Crippen molar-refractivity contribution >= 4 is 13.9 Å². The molecule has 1 rings (SSSR count). The smallest absolute Gasteiger partial charge is 0.265 e. The predicted molar refractivity (Wildman–Crippen MR) is 101 cm³/mol. The molecule has 0 nitrogen and oxygen atoms in total. The number of hydrogen-bond donors (Lipinski definition) is 0. The van der Waals surface area contributed by atoms with E-state index in [4.69, 9.17) is 0 Å². The van der Waals surface area contributed by atoms with Gasteiger partial charge in [-0.05, 0) is 39.0 Å². The molecule has 0 unspecified atom stereocenters. The zero-order chi connectivity index (χ0) is 18.4. The van der Waals surface area contributed by atoms with E-state index in [1.165, 1.54) is 0 Å². The number of rotatable bonds is 2. The third-order valence-corrected chi connectivity index (χ3v) is 6.59. The Morgan fingerprint density at radius 1 is 0.739 bits per heavy atom. The summed E-state index contributed by atoms with van der Waals surface area (Å²) in [6.07, 6.45) is 0. The average molecular weight is 341 g/mol. The zero-order valence-electron chi connectivity index (χ0n) is 16.6. The second-order valence-electron chi connectivity index (χ2n) is 9.75. The van der Waals surface area contributed by atoms with Crippen molar-refractivity contribution in [3.8, 4) is 0 Å². The summed E-state index contributed by atoms with van der Waals surface area (Å²) in [5.41, 5.74) is 2.20. The molecule has 0 aliphatic rings. The maximum atomic E-state index is 15.0. The van der Waals surface area contributed by atoms with Crippen LogP contribution in [0.5, 0.6) is 0 Å². The van der Waals surface area contributed by atoms with Crippen molar-refractivity contribution in [1.29, 1.82) is 0 Å². The van der Waals surface area contributed by atoms with Crippen molar-refractivity contribution in [2.45, 2.75) is 91.5 Å². The third-order valence-electron chi connectivity index (χ3n) is 4.43. The molecule has 0 atom stereocenters. The number of halogens is 2. The molecule has 0 radical (unpaired) electrons. The molecule has 0 aliphatic carbocycles. The van der Waals surface area contributed by atoms with E-state index in [9.17, 15) is 0 Å². The number of benzene rings is 1. The van der Waals surface area contributed by atoms with Crippen LogP contribution in [0, 0.1) is 0 Å². The van der Waals surface area contributed by atoms with E-state index in [1.54, 1.807) is 6.92 Å². The Morgan fingerprint density at radius 3 is 1.30 bits per heavy atom. The lowest BCUT2D eigenvalue weighted by Gasteiger charge is -2.35. The van der Waals surface area contributed by atoms with Crippen LogP contribution >= 0.6 is 0 Å². The van der Waals surface area contributed by atoms with Gasteiger partial charge in [-0.25, -0.2) is 0 Å². The lowest BCUT2D eigenvalue weighted by Crippen LogP contribution is -2.48. The fraction of sp³-hybridized carbons (Fsp3) is 0.700. The van der Waals surface area contributed by atoms with Crippen LogP contribution in [0.1, 0.15) is 85.9 Å². The Morgan fingerprint density at radius 2 is 1.09 bits per heavy atom. The maximum Gasteiger partial charge on any atom is 0.455 e. The van der Waals surface area contributed by atoms with Gasteiger partial charge in [-0.2, -0.15) is 0 Å². The van der Waals surface area contributed by atoms with Crippen LogP contribution in [0.15, 0.2) is 12.1 Å². The summed E-state index contributed by atoms with van der Waals surface area (Å²) in [7, 11) is -4.44. The predicted octanol–water partition coefficient (Wildman–Crippen LogP) is 6.19. The van der Waals surface area contributed by atoms with E-state index in [-0.39, 0.29) is 22.3 Å². The first kappa shape index (κ1) is 20.3. The molecule has 0 spiro atoms. The van der Waals surface area contributed by atoms with Gasteiger partial charge in [0.1, 0.15) is 0 Å². The summed E-state index contributed by atoms with van der Waals surface area (Å²) in [6.45, 7) is 20.4. The SMILES string of the molecule is CC[Si](F)(F)c1c(C(C)(C)C)cc(C(C)(C)C)cc1C(C)(C)C. The molecular formula is C20H34F2Si. The molecule has 0 aromatic heterocycles. The highest BCUT2D eigenvalue weighted by molar-refractivity contribution is 6.80. The van der Waals surface area contributed by atoms with Crippen LogP contribution in [0.4, 0.5) is 8.22 Å². The first-order chi connectivity index (χ1) is 10.0. The van der Waals surface area contributed by atoms with E-state index in [0.717, 1.165) is 16.7 Å². The summed E-state index contributed by atoms with van der Waals surface area (Å²) in [5, 5.41) is 0.382. The van der Waals surface area contributed by atoms with E-state index in [0.29, 0.717) is 5.19 Å². The van der Waals surface area contributed by atoms with Gasteiger partial charge < -0.3 is 0 Å². The minimum absolute atomic E-state index is 0.0337. The van der Waals surface area contributed by atoms with Gasteiger partial charge in [-0.1, -0.05) is 81.4 Å². The first-order valence-electron chi connectivity index (χ1n) is 8.59. The molecule has 1 aromatic carbocycles. The average Bonchev–Trinajstić information content (AvgIpc) is 2.34. The molecular weight excluding hydrogens is 306 g/mol. The largest absolute Gasteiger partial charge is 0.455 e. The van der Waals surface area contributed by atoms with E-state index >= 15 is 8.22 Å². The summed E-state index contributed by atoms with van der Waals surface area (Å²) < 4.78 is 30.1. The van der Waals surface area contributed by atoms with Crippen LogP contribution in [0.2, 0.25) is 6.04 Å². The highest BCUT2D eigenvalue weighted by Crippen LogP contribution is 2.36. The zero-order valence-corrected chi connectivity index (χ0v) is 17.6. The standard InChI is InChI=1S/C20H34F2Si/c1-11-23(21,22)17-15(19(5,6)7)12-14(18(2,3)4)13-16(17)20(8,9)10/h12-13H,11H2,1-10H3. The summed E-state index contributed by atoms with van der Waals surface area (Å²) in [6, 6.07) is 4.05. The quantitative estimate of drug-likeness (QED) is 0.445. The fourth-order valence-electron chi connectivity index (χ4n) is 2.83. The van der Waals surface area contributed by atoms with Gasteiger partial charge in [0.05, 0.1) is 0 Å². The van der Waals surface area contributed by atoms with Crippen molar-refractivity contribution in [2.75, 3.05) is 0 Å². The molecule has 0 N–H and O–H groups in total. The maximum absolute atomic E-state index is 15.0. The Balaban J connectivity index is 3.99. The van der Waals surface area contributed by atoms with E-state index < -0.39 is 8.74 Å². The molecule has 0 heterocycles. The highest BCUT2D eigenvalue weighted by Gasteiger charge is 2.44. The third kappa shape index (κ3) is 4.43. The highest BCUT2D eigenvalue weighted by atomic mass is 28.4. The minimum Gasteiger partial charge on any atom is -0.265 e. The van der Waals surface area contributed by atoms with Gasteiger partial charge in [0.2, 0.25) is 0 Å². The normalized spacial score (nSPS) is 14.3. The van der Waals surface area contributed by atoms with Crippen molar-refractivity contribution < 1.29 is 8.22 Å². The summed E-state index contributed by atoms with van der Waals surface area (Å²) in [5.74, 6) is 0. The van der Waals surface area contributed by atoms with Gasteiger partial charge in [0.15, 0.2) is 0 Å². The topological polar surface area (TPSA) is 0 Å². The lowest BCUT2D eigenvalue weighted by molar-refractivity contribution is 0.544. The second kappa shape index (κ2) is 5.98. The molecule has 0 fully saturated rings. The molecule has 0 amide bonds. The van der Waals surface area contributed by atoms with Crippen molar-refractivity contribution in [1.82, 2.24) is 0 Å². The van der Waals surface area contributed by atoms with Gasteiger partial charge in [-0.15, -0.1) is 0 Å². The van der Waals surface area contributed by atoms with Crippen molar-refractivity contribution in [2.24, 2.45) is 0 Å². The van der Waals surface area contributed by atoms with Crippen LogP contribution in [0.3, 0.4) is 0 Å². The van der Waals surface area contributed by atoms with Gasteiger partial charge in [0, 0.05) is 5.19 Å². The Bertz CT molecular complexity index is 532. The van der Waals surface area contributed by atoms with Crippen molar-refractivity contribution in [3.63, 3.8) is 0 Å². The summed E-state index contributed by atoms with van der Waals surface area (Å²) >= 11 is 0. The Hall–Kier alpha value is -0.703. The molecule has 0 aliphatic heterocycles. The molecule has 23 heavy (non-hydrogen) atoms. The Labute approximate surface area is 143 Å². The first-order valence-corrected chi connectivity index (χ1v) is 10.6.